The molecule has 0 radical (unpaired) electrons. The first-order valence-electron chi connectivity index (χ1n) is 2.86. The summed E-state index contributed by atoms with van der Waals surface area (Å²) < 4.78 is 22.3. The molecule has 0 aliphatic carbocycles. The van der Waals surface area contributed by atoms with Gasteiger partial charge in [0.1, 0.15) is 5.04 Å². The quantitative estimate of drug-likeness (QED) is 0.607. The summed E-state index contributed by atoms with van der Waals surface area (Å²) in [6.45, 7) is 0. The van der Waals surface area contributed by atoms with E-state index in [2.05, 4.69) is 17.6 Å². The standard InChI is InChI=1S/C5H5NO4S2/c7-5(8)3-1-6-4(2-11)12(3,9)10/h1,11H,2H2,(H,7,8). The molecule has 0 aromatic carbocycles. The molecule has 0 spiro atoms. The number of hydrogen-bond acceptors (Lipinski definition) is 5. The summed E-state index contributed by atoms with van der Waals surface area (Å²) in [6, 6.07) is 0. The fourth-order valence-corrected chi connectivity index (χ4v) is 2.32. The van der Waals surface area contributed by atoms with E-state index in [-0.39, 0.29) is 10.8 Å². The molecule has 1 aliphatic heterocycles. The summed E-state index contributed by atoms with van der Waals surface area (Å²) in [4.78, 5) is 13.1. The van der Waals surface area contributed by atoms with E-state index in [1.807, 2.05) is 0 Å². The highest BCUT2D eigenvalue weighted by Crippen LogP contribution is 2.17. The van der Waals surface area contributed by atoms with Crippen molar-refractivity contribution >= 4 is 33.5 Å². The fraction of sp³-hybridized carbons (Fsp3) is 0.200. The molecular formula is C5H5NO4S2. The summed E-state index contributed by atoms with van der Waals surface area (Å²) in [7, 11) is -3.84. The Hall–Kier alpha value is -0.820. The minimum absolute atomic E-state index is 0.0877. The van der Waals surface area contributed by atoms with Gasteiger partial charge in [-0.2, -0.15) is 12.6 Å². The van der Waals surface area contributed by atoms with Gasteiger partial charge >= 0.3 is 5.97 Å². The number of hydrogen-bond donors (Lipinski definition) is 2. The Bertz CT molecular complexity index is 378. The molecule has 0 unspecified atom stereocenters. The van der Waals surface area contributed by atoms with Crippen LogP contribution in [-0.4, -0.2) is 30.3 Å². The molecule has 0 saturated heterocycles. The first-order valence-corrected chi connectivity index (χ1v) is 4.98. The Morgan fingerprint density at radius 1 is 1.67 bits per heavy atom. The zero-order chi connectivity index (χ0) is 9.35. The van der Waals surface area contributed by atoms with Crippen LogP contribution in [0.2, 0.25) is 0 Å². The highest BCUT2D eigenvalue weighted by Gasteiger charge is 2.33. The maximum atomic E-state index is 11.1. The molecule has 1 rings (SSSR count). The lowest BCUT2D eigenvalue weighted by atomic mass is 10.6. The second kappa shape index (κ2) is 2.91. The highest BCUT2D eigenvalue weighted by molar-refractivity contribution is 8.12. The minimum Gasteiger partial charge on any atom is -0.477 e. The molecular weight excluding hydrogens is 202 g/mol. The lowest BCUT2D eigenvalue weighted by molar-refractivity contribution is -0.131. The molecule has 0 aromatic rings. The normalized spacial score (nSPS) is 20.1. The second-order valence-corrected chi connectivity index (χ2v) is 4.22. The van der Waals surface area contributed by atoms with Crippen molar-refractivity contribution in [1.82, 2.24) is 0 Å². The average Bonchev–Trinajstić information content (AvgIpc) is 2.24. The van der Waals surface area contributed by atoms with Gasteiger partial charge in [-0.15, -0.1) is 0 Å². The molecule has 1 N–H and O–H groups in total. The van der Waals surface area contributed by atoms with E-state index in [1.165, 1.54) is 0 Å². The van der Waals surface area contributed by atoms with Crippen LogP contribution in [0.4, 0.5) is 0 Å². The van der Waals surface area contributed by atoms with Crippen LogP contribution in [0.15, 0.2) is 16.1 Å². The van der Waals surface area contributed by atoms with Crippen molar-refractivity contribution in [1.29, 1.82) is 0 Å². The van der Waals surface area contributed by atoms with Crippen LogP contribution in [0.3, 0.4) is 0 Å². The van der Waals surface area contributed by atoms with Crippen LogP contribution < -0.4 is 0 Å². The lowest BCUT2D eigenvalue weighted by Crippen LogP contribution is -2.18. The predicted molar refractivity (Wildman–Crippen MR) is 45.9 cm³/mol. The van der Waals surface area contributed by atoms with E-state index < -0.39 is 20.7 Å². The SMILES string of the molecule is O=C(O)C1=CN=C(CS)S1(=O)=O. The van der Waals surface area contributed by atoms with Crippen molar-refractivity contribution in [2.24, 2.45) is 4.99 Å². The van der Waals surface area contributed by atoms with Gasteiger partial charge in [-0.25, -0.2) is 18.2 Å². The van der Waals surface area contributed by atoms with E-state index in [4.69, 9.17) is 5.11 Å². The Balaban J connectivity index is 3.15. The number of carbonyl (C=O) groups is 1. The summed E-state index contributed by atoms with van der Waals surface area (Å²) in [5, 5.41) is 8.20. The van der Waals surface area contributed by atoms with Crippen molar-refractivity contribution < 1.29 is 18.3 Å². The van der Waals surface area contributed by atoms with Crippen molar-refractivity contribution in [3.05, 3.63) is 11.1 Å². The van der Waals surface area contributed by atoms with Crippen LogP contribution in [0.5, 0.6) is 0 Å². The van der Waals surface area contributed by atoms with Gasteiger partial charge < -0.3 is 5.11 Å². The molecule has 0 atom stereocenters. The number of nitrogens with zero attached hydrogens (tertiary/aromatic N) is 1. The highest BCUT2D eigenvalue weighted by atomic mass is 32.2. The van der Waals surface area contributed by atoms with Crippen LogP contribution in [0, 0.1) is 0 Å². The van der Waals surface area contributed by atoms with Gasteiger partial charge in [-0.3, -0.25) is 0 Å². The maximum absolute atomic E-state index is 11.1. The Kier molecular flexibility index (Phi) is 2.25. The predicted octanol–water partition coefficient (Wildman–Crippen LogP) is -0.331. The van der Waals surface area contributed by atoms with Crippen LogP contribution >= 0.6 is 12.6 Å². The molecule has 66 valence electrons. The lowest BCUT2D eigenvalue weighted by Gasteiger charge is -1.96. The zero-order valence-electron chi connectivity index (χ0n) is 5.76. The van der Waals surface area contributed by atoms with E-state index in [9.17, 15) is 13.2 Å². The van der Waals surface area contributed by atoms with Gasteiger partial charge in [0.15, 0.2) is 4.91 Å². The van der Waals surface area contributed by atoms with Gasteiger partial charge in [0.05, 0.1) is 6.20 Å². The van der Waals surface area contributed by atoms with Crippen molar-refractivity contribution in [3.8, 4) is 0 Å². The van der Waals surface area contributed by atoms with E-state index >= 15 is 0 Å². The zero-order valence-corrected chi connectivity index (χ0v) is 7.47. The topological polar surface area (TPSA) is 83.8 Å². The van der Waals surface area contributed by atoms with Gasteiger partial charge in [0.2, 0.25) is 9.84 Å². The Labute approximate surface area is 74.1 Å². The number of thiol groups is 1. The maximum Gasteiger partial charge on any atom is 0.349 e. The van der Waals surface area contributed by atoms with Gasteiger partial charge in [0, 0.05) is 5.75 Å². The third-order valence-corrected chi connectivity index (χ3v) is 3.51. The monoisotopic (exact) mass is 207 g/mol. The number of carboxylic acid groups (broad SMARTS) is 1. The summed E-state index contributed by atoms with van der Waals surface area (Å²) >= 11 is 3.70. The minimum atomic E-state index is -3.84. The van der Waals surface area contributed by atoms with Crippen molar-refractivity contribution in [2.45, 2.75) is 0 Å². The molecule has 0 saturated carbocycles. The molecule has 0 fully saturated rings. The summed E-state index contributed by atoms with van der Waals surface area (Å²) in [6.07, 6.45) is 0.823. The van der Waals surface area contributed by atoms with Crippen LogP contribution in [-0.2, 0) is 14.6 Å². The summed E-state index contributed by atoms with van der Waals surface area (Å²) in [5.74, 6) is -1.58. The number of sulfone groups is 1. The number of rotatable bonds is 2. The van der Waals surface area contributed by atoms with E-state index in [0.29, 0.717) is 0 Å². The molecule has 0 aromatic heterocycles. The fourth-order valence-electron chi connectivity index (χ4n) is 0.692. The molecule has 0 bridgehead atoms. The molecule has 0 amide bonds. The second-order valence-electron chi connectivity index (χ2n) is 1.98. The third-order valence-electron chi connectivity index (χ3n) is 1.27. The number of aliphatic imine (C=N–C) groups is 1. The Morgan fingerprint density at radius 2 is 2.25 bits per heavy atom. The van der Waals surface area contributed by atoms with Crippen LogP contribution in [0.1, 0.15) is 0 Å². The third kappa shape index (κ3) is 1.25. The van der Waals surface area contributed by atoms with Crippen molar-refractivity contribution in [2.75, 3.05) is 5.75 Å². The first-order chi connectivity index (χ1) is 5.50. The molecule has 5 nitrogen and oxygen atoms in total. The van der Waals surface area contributed by atoms with Gasteiger partial charge in [0.25, 0.3) is 0 Å². The molecule has 12 heavy (non-hydrogen) atoms. The first kappa shape index (κ1) is 9.27. The molecule has 1 heterocycles. The molecule has 1 aliphatic rings. The largest absolute Gasteiger partial charge is 0.477 e. The Morgan fingerprint density at radius 3 is 2.50 bits per heavy atom. The summed E-state index contributed by atoms with van der Waals surface area (Å²) in [5.41, 5.74) is 0. The number of carboxylic acids is 1. The number of aliphatic carboxylic acids is 1. The molecule has 7 heteroatoms. The van der Waals surface area contributed by atoms with E-state index in [1.54, 1.807) is 0 Å². The van der Waals surface area contributed by atoms with E-state index in [0.717, 1.165) is 6.20 Å². The van der Waals surface area contributed by atoms with Gasteiger partial charge in [-0.1, -0.05) is 0 Å². The average molecular weight is 207 g/mol. The van der Waals surface area contributed by atoms with Crippen molar-refractivity contribution in [3.63, 3.8) is 0 Å². The van der Waals surface area contributed by atoms with Crippen LogP contribution in [0.25, 0.3) is 0 Å². The smallest absolute Gasteiger partial charge is 0.349 e. The van der Waals surface area contributed by atoms with Gasteiger partial charge in [-0.05, 0) is 0 Å².